The number of hydrazine groups is 1. The van der Waals surface area contributed by atoms with Gasteiger partial charge in [-0.3, -0.25) is 0 Å². The molecule has 0 spiro atoms. The van der Waals surface area contributed by atoms with Crippen LogP contribution in [0.25, 0.3) is 0 Å². The summed E-state index contributed by atoms with van der Waals surface area (Å²) in [6.07, 6.45) is -2.58. The predicted octanol–water partition coefficient (Wildman–Crippen LogP) is 4.80. The Morgan fingerprint density at radius 2 is 1.86 bits per heavy atom. The van der Waals surface area contributed by atoms with Gasteiger partial charge in [-0.15, -0.1) is 0 Å². The van der Waals surface area contributed by atoms with E-state index in [9.17, 15) is 21.6 Å². The Bertz CT molecular complexity index is 1130. The van der Waals surface area contributed by atoms with Gasteiger partial charge in [-0.2, -0.15) is 17.5 Å². The van der Waals surface area contributed by atoms with E-state index in [4.69, 9.17) is 4.74 Å². The second-order valence-electron chi connectivity index (χ2n) is 9.64. The minimum atomic E-state index is -4.56. The number of benzene rings is 2. The van der Waals surface area contributed by atoms with Gasteiger partial charge in [0.2, 0.25) is 10.0 Å². The zero-order chi connectivity index (χ0) is 25.2. The van der Waals surface area contributed by atoms with E-state index in [2.05, 4.69) is 10.4 Å². The maximum Gasteiger partial charge on any atom is 0.416 e. The molecule has 2 aliphatic rings. The minimum absolute atomic E-state index is 0.0605. The Hall–Kier alpha value is -2.14. The molecule has 1 saturated heterocycles. The molecule has 2 aromatic carbocycles. The summed E-state index contributed by atoms with van der Waals surface area (Å²) in [6, 6.07) is 10.1. The normalized spacial score (nSPS) is 17.4. The number of anilines is 1. The first-order chi connectivity index (χ1) is 16.6. The SMILES string of the molecule is CC(C)CN(Cc1ccccc1C(F)(F)F)S(=O)(=O)c1ccc2c(c1)CNN2CC1CCOCC1. The zero-order valence-electron chi connectivity index (χ0n) is 20.0. The molecule has 2 aliphatic heterocycles. The predicted molar refractivity (Wildman–Crippen MR) is 128 cm³/mol. The fourth-order valence-corrected chi connectivity index (χ4v) is 6.30. The van der Waals surface area contributed by atoms with Crippen molar-refractivity contribution in [2.75, 3.05) is 31.3 Å². The van der Waals surface area contributed by atoms with E-state index < -0.39 is 21.8 Å². The highest BCUT2D eigenvalue weighted by atomic mass is 32.2. The summed E-state index contributed by atoms with van der Waals surface area (Å²) in [6.45, 7) is 6.29. The number of hydrogen-bond donors (Lipinski definition) is 1. The lowest BCUT2D eigenvalue weighted by Crippen LogP contribution is -2.38. The average Bonchev–Trinajstić information content (AvgIpc) is 3.20. The van der Waals surface area contributed by atoms with Gasteiger partial charge < -0.3 is 9.75 Å². The molecular formula is C25H32F3N3O3S. The zero-order valence-corrected chi connectivity index (χ0v) is 20.8. The molecule has 0 bridgehead atoms. The van der Waals surface area contributed by atoms with Gasteiger partial charge in [0.25, 0.3) is 0 Å². The molecule has 6 nitrogen and oxygen atoms in total. The topological polar surface area (TPSA) is 61.9 Å². The third-order valence-corrected chi connectivity index (χ3v) is 8.27. The number of fused-ring (bicyclic) bond motifs is 1. The Morgan fingerprint density at radius 3 is 2.54 bits per heavy atom. The molecule has 0 atom stereocenters. The van der Waals surface area contributed by atoms with Gasteiger partial charge >= 0.3 is 6.18 Å². The average molecular weight is 512 g/mol. The molecule has 4 rings (SSSR count). The van der Waals surface area contributed by atoms with Crippen molar-refractivity contribution < 1.29 is 26.3 Å². The van der Waals surface area contributed by atoms with Crippen molar-refractivity contribution in [2.45, 2.75) is 50.9 Å². The van der Waals surface area contributed by atoms with Crippen LogP contribution in [-0.4, -0.2) is 39.0 Å². The van der Waals surface area contributed by atoms with Crippen LogP contribution < -0.4 is 10.4 Å². The number of ether oxygens (including phenoxy) is 1. The Labute approximate surface area is 205 Å². The Morgan fingerprint density at radius 1 is 1.14 bits per heavy atom. The smallest absolute Gasteiger partial charge is 0.381 e. The molecule has 35 heavy (non-hydrogen) atoms. The van der Waals surface area contributed by atoms with E-state index >= 15 is 0 Å². The van der Waals surface area contributed by atoms with Crippen molar-refractivity contribution in [3.05, 3.63) is 59.2 Å². The van der Waals surface area contributed by atoms with E-state index in [1.54, 1.807) is 18.2 Å². The van der Waals surface area contributed by atoms with Crippen LogP contribution >= 0.6 is 0 Å². The van der Waals surface area contributed by atoms with Gasteiger partial charge in [-0.1, -0.05) is 32.0 Å². The summed E-state index contributed by atoms with van der Waals surface area (Å²) < 4.78 is 74.5. The number of nitrogens with zero attached hydrogens (tertiary/aromatic N) is 2. The molecule has 2 aromatic rings. The van der Waals surface area contributed by atoms with Crippen LogP contribution in [0.3, 0.4) is 0 Å². The van der Waals surface area contributed by atoms with Crippen molar-refractivity contribution in [3.8, 4) is 0 Å². The number of rotatable bonds is 8. The monoisotopic (exact) mass is 511 g/mol. The van der Waals surface area contributed by atoms with Gasteiger partial charge in [0.1, 0.15) is 0 Å². The molecule has 0 aliphatic carbocycles. The summed E-state index contributed by atoms with van der Waals surface area (Å²) in [4.78, 5) is 0.0936. The molecular weight excluding hydrogens is 479 g/mol. The maximum absolute atomic E-state index is 13.6. The number of hydrogen-bond acceptors (Lipinski definition) is 5. The molecule has 0 amide bonds. The fraction of sp³-hybridized carbons (Fsp3) is 0.520. The molecule has 1 fully saturated rings. The fourth-order valence-electron chi connectivity index (χ4n) is 4.67. The molecule has 10 heteroatoms. The van der Waals surface area contributed by atoms with Crippen molar-refractivity contribution >= 4 is 15.7 Å². The summed E-state index contributed by atoms with van der Waals surface area (Å²) in [5.74, 6) is 0.440. The molecule has 0 aromatic heterocycles. The van der Waals surface area contributed by atoms with Gasteiger partial charge in [0.15, 0.2) is 0 Å². The van der Waals surface area contributed by atoms with Gasteiger partial charge in [-0.25, -0.2) is 13.8 Å². The highest BCUT2D eigenvalue weighted by molar-refractivity contribution is 7.89. The van der Waals surface area contributed by atoms with E-state index in [0.29, 0.717) is 12.5 Å². The Kier molecular flexibility index (Phi) is 7.75. The maximum atomic E-state index is 13.6. The van der Waals surface area contributed by atoms with Crippen LogP contribution in [-0.2, 0) is 34.0 Å². The first-order valence-electron chi connectivity index (χ1n) is 11.9. The van der Waals surface area contributed by atoms with Crippen LogP contribution in [0.15, 0.2) is 47.4 Å². The molecule has 192 valence electrons. The molecule has 2 heterocycles. The first-order valence-corrected chi connectivity index (χ1v) is 13.4. The van der Waals surface area contributed by atoms with Crippen LogP contribution in [0, 0.1) is 11.8 Å². The van der Waals surface area contributed by atoms with Crippen molar-refractivity contribution in [1.82, 2.24) is 9.73 Å². The number of alkyl halides is 3. The summed E-state index contributed by atoms with van der Waals surface area (Å²) >= 11 is 0. The second-order valence-corrected chi connectivity index (χ2v) is 11.6. The lowest BCUT2D eigenvalue weighted by atomic mass is 10.00. The number of nitrogens with one attached hydrogen (secondary N) is 1. The van der Waals surface area contributed by atoms with Crippen LogP contribution in [0.2, 0.25) is 0 Å². The lowest BCUT2D eigenvalue weighted by molar-refractivity contribution is -0.138. The summed E-state index contributed by atoms with van der Waals surface area (Å²) in [7, 11) is -4.02. The van der Waals surface area contributed by atoms with Crippen molar-refractivity contribution in [3.63, 3.8) is 0 Å². The standard InChI is InChI=1S/C25H32F3N3O3S/c1-18(2)15-30(17-20-5-3-4-6-23(20)25(26,27)28)35(32,33)22-7-8-24-21(13-22)14-29-31(24)16-19-9-11-34-12-10-19/h3-8,13,18-19,29H,9-12,14-17H2,1-2H3. The van der Waals surface area contributed by atoms with E-state index in [-0.39, 0.29) is 29.5 Å². The number of halogens is 3. The largest absolute Gasteiger partial charge is 0.416 e. The lowest BCUT2D eigenvalue weighted by Gasteiger charge is -2.28. The Balaban J connectivity index is 1.59. The quantitative estimate of drug-likeness (QED) is 0.552. The van der Waals surface area contributed by atoms with Gasteiger partial charge in [0, 0.05) is 39.4 Å². The molecule has 0 unspecified atom stereocenters. The van der Waals surface area contributed by atoms with Crippen LogP contribution in [0.5, 0.6) is 0 Å². The van der Waals surface area contributed by atoms with Crippen molar-refractivity contribution in [2.24, 2.45) is 11.8 Å². The molecule has 0 saturated carbocycles. The highest BCUT2D eigenvalue weighted by Gasteiger charge is 2.35. The number of sulfonamides is 1. The van der Waals surface area contributed by atoms with E-state index in [1.807, 2.05) is 13.8 Å². The molecule has 1 N–H and O–H groups in total. The third-order valence-electron chi connectivity index (χ3n) is 6.46. The third kappa shape index (κ3) is 5.99. The highest BCUT2D eigenvalue weighted by Crippen LogP contribution is 2.34. The van der Waals surface area contributed by atoms with Crippen LogP contribution in [0.4, 0.5) is 18.9 Å². The first kappa shape index (κ1) is 25.9. The second kappa shape index (κ2) is 10.5. The van der Waals surface area contributed by atoms with Gasteiger partial charge in [-0.05, 0) is 60.1 Å². The minimum Gasteiger partial charge on any atom is -0.381 e. The van der Waals surface area contributed by atoms with Crippen molar-refractivity contribution in [1.29, 1.82) is 0 Å². The van der Waals surface area contributed by atoms with E-state index in [1.165, 1.54) is 18.2 Å². The van der Waals surface area contributed by atoms with E-state index in [0.717, 1.165) is 54.2 Å². The summed E-state index contributed by atoms with van der Waals surface area (Å²) in [5, 5.41) is 2.06. The van der Waals surface area contributed by atoms with Gasteiger partial charge in [0.05, 0.1) is 16.1 Å². The molecule has 0 radical (unpaired) electrons. The van der Waals surface area contributed by atoms with Crippen LogP contribution in [0.1, 0.15) is 43.4 Å². The summed E-state index contributed by atoms with van der Waals surface area (Å²) in [5.41, 5.74) is 4.26.